The van der Waals surface area contributed by atoms with Gasteiger partial charge in [0.1, 0.15) is 4.90 Å². The molecule has 0 bridgehead atoms. The van der Waals surface area contributed by atoms with Gasteiger partial charge in [-0.25, -0.2) is 8.42 Å². The molecule has 1 aromatic carbocycles. The monoisotopic (exact) mass is 361 g/mol. The molecule has 0 atom stereocenters. The van der Waals surface area contributed by atoms with Crippen LogP contribution in [0.3, 0.4) is 0 Å². The summed E-state index contributed by atoms with van der Waals surface area (Å²) in [7, 11) is -3.62. The van der Waals surface area contributed by atoms with Gasteiger partial charge in [0.2, 0.25) is 0 Å². The van der Waals surface area contributed by atoms with Crippen molar-refractivity contribution in [2.24, 2.45) is 0 Å². The molecule has 1 fully saturated rings. The van der Waals surface area contributed by atoms with Gasteiger partial charge in [0.25, 0.3) is 10.0 Å². The number of nitrogens with one attached hydrogen (secondary N) is 1. The van der Waals surface area contributed by atoms with E-state index in [-0.39, 0.29) is 4.90 Å². The molecule has 0 amide bonds. The quantitative estimate of drug-likeness (QED) is 0.792. The minimum Gasteiger partial charge on any atom is -0.280 e. The first kappa shape index (κ1) is 18.0. The third-order valence-electron chi connectivity index (χ3n) is 4.89. The Morgan fingerprint density at radius 3 is 2.52 bits per heavy atom. The topological polar surface area (TPSA) is 64.0 Å². The van der Waals surface area contributed by atoms with Crippen LogP contribution in [0.15, 0.2) is 35.4 Å². The first-order chi connectivity index (χ1) is 12.0. The van der Waals surface area contributed by atoms with Crippen molar-refractivity contribution >= 4 is 15.7 Å². The molecule has 5 nitrogen and oxygen atoms in total. The largest absolute Gasteiger partial charge is 0.280 e. The SMILES string of the molecule is CCCCc1ccc(NS(=O)(=O)c2cn(C3CCCC3)nc2C)cc1. The van der Waals surface area contributed by atoms with Crippen LogP contribution in [0.5, 0.6) is 0 Å². The molecule has 1 aromatic heterocycles. The lowest BCUT2D eigenvalue weighted by atomic mass is 10.1. The van der Waals surface area contributed by atoms with Crippen molar-refractivity contribution in [1.29, 1.82) is 0 Å². The second kappa shape index (κ2) is 7.60. The van der Waals surface area contributed by atoms with Crippen molar-refractivity contribution in [3.63, 3.8) is 0 Å². The highest BCUT2D eigenvalue weighted by atomic mass is 32.2. The lowest BCUT2D eigenvalue weighted by Crippen LogP contribution is -2.13. The zero-order valence-electron chi connectivity index (χ0n) is 15.0. The maximum absolute atomic E-state index is 12.7. The Labute approximate surface area is 150 Å². The van der Waals surface area contributed by atoms with E-state index in [1.54, 1.807) is 13.1 Å². The first-order valence-electron chi connectivity index (χ1n) is 9.17. The maximum Gasteiger partial charge on any atom is 0.265 e. The number of nitrogens with zero attached hydrogens (tertiary/aromatic N) is 2. The first-order valence-corrected chi connectivity index (χ1v) is 10.7. The van der Waals surface area contributed by atoms with E-state index in [0.717, 1.165) is 32.1 Å². The van der Waals surface area contributed by atoms with E-state index in [4.69, 9.17) is 0 Å². The zero-order valence-corrected chi connectivity index (χ0v) is 15.8. The minimum atomic E-state index is -3.62. The van der Waals surface area contributed by atoms with E-state index in [0.29, 0.717) is 17.4 Å². The maximum atomic E-state index is 12.7. The van der Waals surface area contributed by atoms with E-state index in [1.165, 1.54) is 18.4 Å². The molecular weight excluding hydrogens is 334 g/mol. The van der Waals surface area contributed by atoms with Gasteiger partial charge in [-0.1, -0.05) is 38.3 Å². The predicted octanol–water partition coefficient (Wildman–Crippen LogP) is 4.45. The Kier molecular flexibility index (Phi) is 5.47. The Morgan fingerprint density at radius 2 is 1.88 bits per heavy atom. The standard InChI is InChI=1S/C19H27N3O2S/c1-3-4-7-16-10-12-17(13-11-16)21-25(23,24)19-14-22(20-15(19)2)18-8-5-6-9-18/h10-14,18,21H,3-9H2,1-2H3. The third-order valence-corrected chi connectivity index (χ3v) is 6.37. The molecule has 1 aliphatic rings. The van der Waals surface area contributed by atoms with Gasteiger partial charge in [0.05, 0.1) is 11.7 Å². The van der Waals surface area contributed by atoms with Crippen molar-refractivity contribution in [3.05, 3.63) is 41.7 Å². The van der Waals surface area contributed by atoms with Crippen LogP contribution in [-0.2, 0) is 16.4 Å². The number of hydrogen-bond acceptors (Lipinski definition) is 3. The van der Waals surface area contributed by atoms with Crippen molar-refractivity contribution in [3.8, 4) is 0 Å². The van der Waals surface area contributed by atoms with E-state index in [1.807, 2.05) is 28.9 Å². The number of aromatic nitrogens is 2. The highest BCUT2D eigenvalue weighted by Crippen LogP contribution is 2.30. The summed E-state index contributed by atoms with van der Waals surface area (Å²) < 4.78 is 30.0. The molecule has 1 N–H and O–H groups in total. The average Bonchev–Trinajstić information content (AvgIpc) is 3.23. The van der Waals surface area contributed by atoms with E-state index >= 15 is 0 Å². The molecule has 136 valence electrons. The molecule has 0 aliphatic heterocycles. The van der Waals surface area contributed by atoms with Gasteiger partial charge in [0.15, 0.2) is 0 Å². The third kappa shape index (κ3) is 4.24. The van der Waals surface area contributed by atoms with Gasteiger partial charge in [0, 0.05) is 11.9 Å². The van der Waals surface area contributed by atoms with E-state index in [9.17, 15) is 8.42 Å². The summed E-state index contributed by atoms with van der Waals surface area (Å²) in [4.78, 5) is 0.273. The fourth-order valence-corrected chi connectivity index (χ4v) is 4.65. The predicted molar refractivity (Wildman–Crippen MR) is 100 cm³/mol. The fraction of sp³-hybridized carbons (Fsp3) is 0.526. The number of unbranched alkanes of at least 4 members (excludes halogenated alkanes) is 1. The van der Waals surface area contributed by atoms with Crippen molar-refractivity contribution in [2.45, 2.75) is 69.7 Å². The van der Waals surface area contributed by atoms with Crippen LogP contribution < -0.4 is 4.72 Å². The van der Waals surface area contributed by atoms with Crippen molar-refractivity contribution in [2.75, 3.05) is 4.72 Å². The number of rotatable bonds is 7. The molecule has 1 heterocycles. The molecule has 0 spiro atoms. The lowest BCUT2D eigenvalue weighted by molar-refractivity contribution is 0.464. The molecule has 6 heteroatoms. The summed E-state index contributed by atoms with van der Waals surface area (Å²) in [6.07, 6.45) is 9.53. The van der Waals surface area contributed by atoms with Crippen LogP contribution in [0.25, 0.3) is 0 Å². The summed E-state index contributed by atoms with van der Waals surface area (Å²) in [6.45, 7) is 3.92. The molecule has 1 aliphatic carbocycles. The fourth-order valence-electron chi connectivity index (χ4n) is 3.42. The number of sulfonamides is 1. The number of aryl methyl sites for hydroxylation is 2. The van der Waals surface area contributed by atoms with Crippen molar-refractivity contribution in [1.82, 2.24) is 9.78 Å². The van der Waals surface area contributed by atoms with Gasteiger partial charge in [-0.3, -0.25) is 9.40 Å². The number of hydrogen-bond donors (Lipinski definition) is 1. The van der Waals surface area contributed by atoms with Crippen molar-refractivity contribution < 1.29 is 8.42 Å². The highest BCUT2D eigenvalue weighted by molar-refractivity contribution is 7.92. The molecule has 0 saturated heterocycles. The number of benzene rings is 1. The second-order valence-corrected chi connectivity index (χ2v) is 8.55. The van der Waals surface area contributed by atoms with Gasteiger partial charge in [-0.2, -0.15) is 5.10 Å². The van der Waals surface area contributed by atoms with Crippen LogP contribution in [0.1, 0.15) is 62.7 Å². The Bertz CT molecular complexity index is 804. The normalized spacial score (nSPS) is 15.6. The van der Waals surface area contributed by atoms with Crippen LogP contribution in [0.2, 0.25) is 0 Å². The smallest absolute Gasteiger partial charge is 0.265 e. The zero-order chi connectivity index (χ0) is 17.9. The number of anilines is 1. The van der Waals surface area contributed by atoms with Crippen LogP contribution in [0, 0.1) is 6.92 Å². The van der Waals surface area contributed by atoms with Crippen LogP contribution in [0.4, 0.5) is 5.69 Å². The van der Waals surface area contributed by atoms with Crippen LogP contribution in [-0.4, -0.2) is 18.2 Å². The summed E-state index contributed by atoms with van der Waals surface area (Å²) >= 11 is 0. The van der Waals surface area contributed by atoms with Gasteiger partial charge in [-0.05, 0) is 50.3 Å². The molecular formula is C19H27N3O2S. The summed E-state index contributed by atoms with van der Waals surface area (Å²) in [6, 6.07) is 7.98. The molecule has 2 aromatic rings. The molecule has 0 unspecified atom stereocenters. The van der Waals surface area contributed by atoms with Gasteiger partial charge >= 0.3 is 0 Å². The Morgan fingerprint density at radius 1 is 1.20 bits per heavy atom. The van der Waals surface area contributed by atoms with Gasteiger partial charge in [-0.15, -0.1) is 0 Å². The second-order valence-electron chi connectivity index (χ2n) is 6.90. The average molecular weight is 362 g/mol. The molecule has 0 radical (unpaired) electrons. The minimum absolute atomic E-state index is 0.273. The van der Waals surface area contributed by atoms with Gasteiger partial charge < -0.3 is 0 Å². The highest BCUT2D eigenvalue weighted by Gasteiger charge is 2.24. The van der Waals surface area contributed by atoms with E-state index in [2.05, 4.69) is 16.7 Å². The lowest BCUT2D eigenvalue weighted by Gasteiger charge is -2.09. The molecule has 1 saturated carbocycles. The summed E-state index contributed by atoms with van der Waals surface area (Å²) in [5, 5.41) is 4.45. The molecule has 25 heavy (non-hydrogen) atoms. The summed E-state index contributed by atoms with van der Waals surface area (Å²) in [5.41, 5.74) is 2.38. The van der Waals surface area contributed by atoms with E-state index < -0.39 is 10.0 Å². The summed E-state index contributed by atoms with van der Waals surface area (Å²) in [5.74, 6) is 0. The molecule has 3 rings (SSSR count). The Hall–Kier alpha value is -1.82. The Balaban J connectivity index is 1.75. The van der Waals surface area contributed by atoms with Crippen LogP contribution >= 0.6 is 0 Å².